The van der Waals surface area contributed by atoms with Crippen molar-refractivity contribution in [2.45, 2.75) is 59.3 Å². The van der Waals surface area contributed by atoms with Gasteiger partial charge in [0.05, 0.1) is 18.2 Å². The molecule has 6 heteroatoms. The van der Waals surface area contributed by atoms with Crippen molar-refractivity contribution < 1.29 is 19.0 Å². The first-order valence-electron chi connectivity index (χ1n) is 7.62. The molecule has 130 valence electrons. The van der Waals surface area contributed by atoms with E-state index in [9.17, 15) is 4.79 Å². The Hall–Kier alpha value is -2.55. The fourth-order valence-electron chi connectivity index (χ4n) is 1.53. The van der Waals surface area contributed by atoms with Crippen molar-refractivity contribution in [1.82, 2.24) is 0 Å². The molecule has 0 fully saturated rings. The van der Waals surface area contributed by atoms with Gasteiger partial charge in [0.15, 0.2) is 0 Å². The molecular weight excluding hydrogens is 308 g/mol. The Kier molecular flexibility index (Phi) is 6.35. The summed E-state index contributed by atoms with van der Waals surface area (Å²) < 4.78 is 15.8. The van der Waals surface area contributed by atoms with Crippen molar-refractivity contribution in [3.63, 3.8) is 0 Å². The van der Waals surface area contributed by atoms with E-state index in [4.69, 9.17) is 19.5 Å². The first kappa shape index (κ1) is 19.5. The lowest BCUT2D eigenvalue weighted by molar-refractivity contribution is -0.00128. The Morgan fingerprint density at radius 2 is 1.58 bits per heavy atom. The van der Waals surface area contributed by atoms with E-state index in [-0.39, 0.29) is 12.6 Å². The molecule has 0 atom stereocenters. The largest absolute Gasteiger partial charge is 0.517 e. The van der Waals surface area contributed by atoms with Gasteiger partial charge in [-0.25, -0.2) is 9.79 Å². The first-order chi connectivity index (χ1) is 11.0. The average molecular weight is 332 g/mol. The maximum Gasteiger partial charge on any atom is 0.517 e. The summed E-state index contributed by atoms with van der Waals surface area (Å²) in [5.41, 5.74) is 0.179. The topological polar surface area (TPSA) is 80.9 Å². The molecule has 0 bridgehead atoms. The van der Waals surface area contributed by atoms with Crippen LogP contribution in [-0.4, -0.2) is 23.4 Å². The number of nitriles is 1. The molecule has 0 N–H and O–H groups in total. The lowest BCUT2D eigenvalue weighted by Crippen LogP contribution is -2.30. The molecule has 1 aromatic rings. The van der Waals surface area contributed by atoms with Crippen molar-refractivity contribution in [3.8, 4) is 6.07 Å². The van der Waals surface area contributed by atoms with Crippen molar-refractivity contribution in [3.05, 3.63) is 35.4 Å². The van der Waals surface area contributed by atoms with Gasteiger partial charge in [-0.1, -0.05) is 12.1 Å². The number of rotatable bonds is 2. The first-order valence-corrected chi connectivity index (χ1v) is 7.62. The molecule has 0 aliphatic heterocycles. The predicted octanol–water partition coefficient (Wildman–Crippen LogP) is 4.18. The number of aliphatic imine (C=N–C) groups is 1. The highest BCUT2D eigenvalue weighted by Gasteiger charge is 2.23. The van der Waals surface area contributed by atoms with Crippen LogP contribution in [0.1, 0.15) is 52.7 Å². The molecule has 0 unspecified atom stereocenters. The molecule has 0 aliphatic rings. The minimum absolute atomic E-state index is 0.152. The summed E-state index contributed by atoms with van der Waals surface area (Å²) in [6.45, 7) is 10.9. The molecular formula is C18H24N2O4. The van der Waals surface area contributed by atoms with E-state index in [2.05, 4.69) is 11.1 Å². The quantitative estimate of drug-likeness (QED) is 0.461. The fourth-order valence-corrected chi connectivity index (χ4v) is 1.53. The summed E-state index contributed by atoms with van der Waals surface area (Å²) in [4.78, 5) is 16.0. The molecule has 6 nitrogen and oxygen atoms in total. The highest BCUT2D eigenvalue weighted by atomic mass is 16.8. The number of nitrogens with zero attached hydrogens (tertiary/aromatic N) is 2. The third-order valence-electron chi connectivity index (χ3n) is 2.43. The van der Waals surface area contributed by atoms with E-state index < -0.39 is 17.4 Å². The second kappa shape index (κ2) is 7.82. The number of carbonyl (C=O) groups is 1. The minimum Gasteiger partial charge on any atom is -0.445 e. The molecule has 0 aliphatic carbocycles. The predicted molar refractivity (Wildman–Crippen MR) is 90.5 cm³/mol. The van der Waals surface area contributed by atoms with Crippen LogP contribution in [0.25, 0.3) is 0 Å². The molecule has 0 radical (unpaired) electrons. The lowest BCUT2D eigenvalue weighted by Gasteiger charge is -2.23. The van der Waals surface area contributed by atoms with Gasteiger partial charge >= 0.3 is 12.2 Å². The van der Waals surface area contributed by atoms with E-state index >= 15 is 0 Å². The maximum atomic E-state index is 11.8. The third-order valence-corrected chi connectivity index (χ3v) is 2.43. The Morgan fingerprint density at radius 3 is 2.04 bits per heavy atom. The summed E-state index contributed by atoms with van der Waals surface area (Å²) >= 11 is 0. The number of hydrogen-bond donors (Lipinski definition) is 0. The maximum absolute atomic E-state index is 11.8. The average Bonchev–Trinajstić information content (AvgIpc) is 2.41. The van der Waals surface area contributed by atoms with E-state index in [1.807, 2.05) is 20.8 Å². The molecule has 0 heterocycles. The van der Waals surface area contributed by atoms with Crippen molar-refractivity contribution >= 4 is 12.2 Å². The molecule has 1 aromatic carbocycles. The van der Waals surface area contributed by atoms with Crippen LogP contribution < -0.4 is 0 Å². The Morgan fingerprint density at radius 1 is 1.04 bits per heavy atom. The molecule has 0 saturated carbocycles. The van der Waals surface area contributed by atoms with Gasteiger partial charge in [-0.3, -0.25) is 0 Å². The minimum atomic E-state index is -0.870. The van der Waals surface area contributed by atoms with Crippen LogP contribution in [0.5, 0.6) is 0 Å². The Labute approximate surface area is 143 Å². The van der Waals surface area contributed by atoms with Gasteiger partial charge in [0.25, 0.3) is 0 Å². The molecule has 0 amide bonds. The van der Waals surface area contributed by atoms with Crippen LogP contribution in [-0.2, 0) is 20.8 Å². The second-order valence-electron chi connectivity index (χ2n) is 7.17. The van der Waals surface area contributed by atoms with Crippen LogP contribution in [0.2, 0.25) is 0 Å². The number of ether oxygens (including phenoxy) is 3. The monoisotopic (exact) mass is 332 g/mol. The Bertz CT molecular complexity index is 629. The highest BCUT2D eigenvalue weighted by Crippen LogP contribution is 2.13. The molecule has 0 aromatic heterocycles. The van der Waals surface area contributed by atoms with Gasteiger partial charge in [0.1, 0.15) is 11.2 Å². The van der Waals surface area contributed by atoms with Gasteiger partial charge < -0.3 is 14.2 Å². The zero-order valence-electron chi connectivity index (χ0n) is 15.0. The van der Waals surface area contributed by atoms with Gasteiger partial charge in [0, 0.05) is 0 Å². The second-order valence-corrected chi connectivity index (χ2v) is 7.17. The van der Waals surface area contributed by atoms with E-state index in [0.717, 1.165) is 5.56 Å². The smallest absolute Gasteiger partial charge is 0.445 e. The SMILES string of the molecule is CC(C)(C)OC(=O)O/C(=N/Cc1ccc(C#N)cc1)OC(C)(C)C. The van der Waals surface area contributed by atoms with E-state index in [0.29, 0.717) is 5.56 Å². The number of benzene rings is 1. The number of hydrogen-bond acceptors (Lipinski definition) is 6. The summed E-state index contributed by atoms with van der Waals surface area (Å²) in [6.07, 6.45) is -1.02. The molecule has 0 spiro atoms. The summed E-state index contributed by atoms with van der Waals surface area (Å²) in [7, 11) is 0. The van der Waals surface area contributed by atoms with Crippen molar-refractivity contribution in [1.29, 1.82) is 5.26 Å². The van der Waals surface area contributed by atoms with Crippen LogP contribution in [0.4, 0.5) is 4.79 Å². The van der Waals surface area contributed by atoms with Crippen LogP contribution in [0.3, 0.4) is 0 Å². The summed E-state index contributed by atoms with van der Waals surface area (Å²) in [5, 5.41) is 8.80. The van der Waals surface area contributed by atoms with Gasteiger partial charge in [-0.2, -0.15) is 5.26 Å². The van der Waals surface area contributed by atoms with Crippen LogP contribution in [0, 0.1) is 11.3 Å². The number of carbonyl (C=O) groups excluding carboxylic acids is 1. The Balaban J connectivity index is 2.83. The van der Waals surface area contributed by atoms with Crippen LogP contribution >= 0.6 is 0 Å². The molecule has 1 rings (SSSR count). The van der Waals surface area contributed by atoms with E-state index in [1.54, 1.807) is 45.0 Å². The van der Waals surface area contributed by atoms with Crippen LogP contribution in [0.15, 0.2) is 29.3 Å². The molecule has 24 heavy (non-hydrogen) atoms. The van der Waals surface area contributed by atoms with E-state index in [1.165, 1.54) is 0 Å². The summed E-state index contributed by atoms with van der Waals surface area (Å²) in [6, 6.07) is 9.01. The van der Waals surface area contributed by atoms with Crippen molar-refractivity contribution in [2.24, 2.45) is 4.99 Å². The normalized spacial score (nSPS) is 12.3. The zero-order chi connectivity index (χ0) is 18.4. The van der Waals surface area contributed by atoms with Gasteiger partial charge in [-0.15, -0.1) is 0 Å². The highest BCUT2D eigenvalue weighted by molar-refractivity contribution is 5.80. The standard InChI is InChI=1S/C18H24N2O4/c1-17(2,3)23-15(22-16(21)24-18(4,5)6)20-12-14-9-7-13(11-19)8-10-14/h7-10H,12H2,1-6H3/b20-15-. The van der Waals surface area contributed by atoms with Gasteiger partial charge in [-0.05, 0) is 59.2 Å². The third kappa shape index (κ3) is 8.18. The molecule has 0 saturated heterocycles. The summed E-state index contributed by atoms with van der Waals surface area (Å²) in [5.74, 6) is 0. The fraction of sp³-hybridized carbons (Fsp3) is 0.500. The zero-order valence-corrected chi connectivity index (χ0v) is 15.0. The van der Waals surface area contributed by atoms with Crippen molar-refractivity contribution in [2.75, 3.05) is 0 Å². The lowest BCUT2D eigenvalue weighted by atomic mass is 10.1. The van der Waals surface area contributed by atoms with Gasteiger partial charge in [0.2, 0.25) is 0 Å².